The quantitative estimate of drug-likeness (QED) is 0.861. The predicted molar refractivity (Wildman–Crippen MR) is 66.6 cm³/mol. The van der Waals surface area contributed by atoms with Crippen LogP contribution in [0.15, 0.2) is 5.38 Å². The zero-order chi connectivity index (χ0) is 11.6. The molecule has 0 aromatic carbocycles. The molecule has 1 aliphatic rings. The predicted octanol–water partition coefficient (Wildman–Crippen LogP) is 2.19. The first kappa shape index (κ1) is 12.0. The fourth-order valence-corrected chi connectivity index (χ4v) is 2.79. The van der Waals surface area contributed by atoms with Gasteiger partial charge in [0.15, 0.2) is 0 Å². The summed E-state index contributed by atoms with van der Waals surface area (Å²) in [5.74, 6) is 0. The minimum atomic E-state index is -0.466. The number of rotatable bonds is 2. The molecule has 0 amide bonds. The van der Waals surface area contributed by atoms with E-state index in [9.17, 15) is 5.11 Å². The van der Waals surface area contributed by atoms with E-state index in [1.165, 1.54) is 5.69 Å². The summed E-state index contributed by atoms with van der Waals surface area (Å²) < 4.78 is 0. The third-order valence-corrected chi connectivity index (χ3v) is 4.03. The van der Waals surface area contributed by atoms with E-state index in [1.807, 2.05) is 13.8 Å². The fourth-order valence-electron chi connectivity index (χ4n) is 2.19. The van der Waals surface area contributed by atoms with Crippen molar-refractivity contribution in [3.8, 4) is 0 Å². The number of likely N-dealkylation sites (tertiary alicyclic amines) is 1. The van der Waals surface area contributed by atoms with E-state index in [0.29, 0.717) is 0 Å². The molecule has 2 rings (SSSR count). The molecule has 16 heavy (non-hydrogen) atoms. The van der Waals surface area contributed by atoms with E-state index in [0.717, 1.165) is 43.9 Å². The summed E-state index contributed by atoms with van der Waals surface area (Å²) in [5.41, 5.74) is 0.705. The van der Waals surface area contributed by atoms with Gasteiger partial charge in [0, 0.05) is 18.5 Å². The van der Waals surface area contributed by atoms with Crippen LogP contribution in [-0.2, 0) is 6.54 Å². The maximum absolute atomic E-state index is 10.0. The average molecular weight is 240 g/mol. The monoisotopic (exact) mass is 240 g/mol. The number of aliphatic hydroxyl groups is 1. The number of thiazole rings is 1. The van der Waals surface area contributed by atoms with Gasteiger partial charge in [0.2, 0.25) is 0 Å². The Labute approximate surface area is 101 Å². The molecule has 2 heterocycles. The first-order chi connectivity index (χ1) is 7.55. The van der Waals surface area contributed by atoms with Crippen molar-refractivity contribution >= 4 is 11.3 Å². The molecule has 1 N–H and O–H groups in total. The number of hydrogen-bond acceptors (Lipinski definition) is 4. The van der Waals surface area contributed by atoms with Crippen molar-refractivity contribution in [3.05, 3.63) is 16.1 Å². The molecule has 0 spiro atoms. The molecule has 1 atom stereocenters. The fraction of sp³-hybridized carbons (Fsp3) is 0.750. The van der Waals surface area contributed by atoms with Crippen molar-refractivity contribution in [1.82, 2.24) is 9.88 Å². The third kappa shape index (κ3) is 3.27. The van der Waals surface area contributed by atoms with Gasteiger partial charge in [-0.15, -0.1) is 11.3 Å². The maximum atomic E-state index is 10.0. The Morgan fingerprint density at radius 3 is 3.00 bits per heavy atom. The van der Waals surface area contributed by atoms with Gasteiger partial charge in [0.25, 0.3) is 0 Å². The zero-order valence-corrected chi connectivity index (χ0v) is 10.9. The van der Waals surface area contributed by atoms with Crippen LogP contribution in [0, 0.1) is 6.92 Å². The Morgan fingerprint density at radius 1 is 1.50 bits per heavy atom. The number of nitrogens with zero attached hydrogens (tertiary/aromatic N) is 2. The van der Waals surface area contributed by atoms with Gasteiger partial charge in [-0.25, -0.2) is 4.98 Å². The molecular weight excluding hydrogens is 220 g/mol. The first-order valence-electron chi connectivity index (χ1n) is 5.91. The molecule has 1 aromatic rings. The number of hydrogen-bond donors (Lipinski definition) is 1. The smallest absolute Gasteiger partial charge is 0.0897 e. The van der Waals surface area contributed by atoms with Crippen molar-refractivity contribution in [2.75, 3.05) is 13.1 Å². The van der Waals surface area contributed by atoms with Gasteiger partial charge in [-0.05, 0) is 39.7 Å². The zero-order valence-electron chi connectivity index (χ0n) is 10.1. The first-order valence-corrected chi connectivity index (χ1v) is 6.79. The van der Waals surface area contributed by atoms with Crippen molar-refractivity contribution in [2.24, 2.45) is 0 Å². The second kappa shape index (κ2) is 4.82. The topological polar surface area (TPSA) is 36.4 Å². The van der Waals surface area contributed by atoms with Gasteiger partial charge < -0.3 is 5.11 Å². The molecule has 0 bridgehead atoms. The molecule has 1 saturated heterocycles. The lowest BCUT2D eigenvalue weighted by Gasteiger charge is -2.21. The SMILES string of the molecule is Cc1nc(CN2CCCC(C)(O)CC2)cs1. The summed E-state index contributed by atoms with van der Waals surface area (Å²) in [4.78, 5) is 6.88. The highest BCUT2D eigenvalue weighted by atomic mass is 32.1. The van der Waals surface area contributed by atoms with Crippen LogP contribution in [0.4, 0.5) is 0 Å². The summed E-state index contributed by atoms with van der Waals surface area (Å²) in [5, 5.41) is 13.3. The summed E-state index contributed by atoms with van der Waals surface area (Å²) in [6, 6.07) is 0. The maximum Gasteiger partial charge on any atom is 0.0897 e. The van der Waals surface area contributed by atoms with Crippen LogP contribution in [0.5, 0.6) is 0 Å². The van der Waals surface area contributed by atoms with Crippen LogP contribution in [0.25, 0.3) is 0 Å². The van der Waals surface area contributed by atoms with Crippen molar-refractivity contribution < 1.29 is 5.11 Å². The highest BCUT2D eigenvalue weighted by Gasteiger charge is 2.24. The van der Waals surface area contributed by atoms with Crippen molar-refractivity contribution in [1.29, 1.82) is 0 Å². The van der Waals surface area contributed by atoms with Gasteiger partial charge in [0.05, 0.1) is 16.3 Å². The van der Waals surface area contributed by atoms with Gasteiger partial charge >= 0.3 is 0 Å². The van der Waals surface area contributed by atoms with Gasteiger partial charge in [0.1, 0.15) is 0 Å². The molecule has 90 valence electrons. The van der Waals surface area contributed by atoms with Crippen molar-refractivity contribution in [3.63, 3.8) is 0 Å². The summed E-state index contributed by atoms with van der Waals surface area (Å²) in [6.45, 7) is 6.97. The molecule has 1 aromatic heterocycles. The minimum absolute atomic E-state index is 0.466. The highest BCUT2D eigenvalue weighted by molar-refractivity contribution is 7.09. The van der Waals surface area contributed by atoms with E-state index >= 15 is 0 Å². The Balaban J connectivity index is 1.91. The molecule has 0 saturated carbocycles. The van der Waals surface area contributed by atoms with E-state index < -0.39 is 5.60 Å². The van der Waals surface area contributed by atoms with Gasteiger partial charge in [-0.1, -0.05) is 0 Å². The summed E-state index contributed by atoms with van der Waals surface area (Å²) >= 11 is 1.71. The van der Waals surface area contributed by atoms with E-state index in [4.69, 9.17) is 0 Å². The second-order valence-corrected chi connectivity index (χ2v) is 6.05. The van der Waals surface area contributed by atoms with E-state index in [-0.39, 0.29) is 0 Å². The van der Waals surface area contributed by atoms with Crippen LogP contribution in [-0.4, -0.2) is 33.7 Å². The number of aromatic nitrogens is 1. The van der Waals surface area contributed by atoms with Gasteiger partial charge in [-0.2, -0.15) is 0 Å². The average Bonchev–Trinajstić information content (AvgIpc) is 2.52. The molecule has 0 aliphatic carbocycles. The molecule has 1 aliphatic heterocycles. The Hall–Kier alpha value is -0.450. The van der Waals surface area contributed by atoms with Gasteiger partial charge in [-0.3, -0.25) is 4.90 Å². The molecule has 0 radical (unpaired) electrons. The van der Waals surface area contributed by atoms with E-state index in [2.05, 4.69) is 15.3 Å². The van der Waals surface area contributed by atoms with Crippen LogP contribution in [0.2, 0.25) is 0 Å². The van der Waals surface area contributed by atoms with Crippen LogP contribution < -0.4 is 0 Å². The lowest BCUT2D eigenvalue weighted by molar-refractivity contribution is 0.0444. The standard InChI is InChI=1S/C12H20N2OS/c1-10-13-11(9-16-10)8-14-6-3-4-12(2,15)5-7-14/h9,15H,3-8H2,1-2H3. The van der Waals surface area contributed by atoms with Crippen LogP contribution in [0.3, 0.4) is 0 Å². The highest BCUT2D eigenvalue weighted by Crippen LogP contribution is 2.22. The largest absolute Gasteiger partial charge is 0.390 e. The summed E-state index contributed by atoms with van der Waals surface area (Å²) in [7, 11) is 0. The lowest BCUT2D eigenvalue weighted by Crippen LogP contribution is -2.28. The third-order valence-electron chi connectivity index (χ3n) is 3.21. The Kier molecular flexibility index (Phi) is 3.62. The Morgan fingerprint density at radius 2 is 2.31 bits per heavy atom. The minimum Gasteiger partial charge on any atom is -0.390 e. The lowest BCUT2D eigenvalue weighted by atomic mass is 9.98. The normalized spacial score (nSPS) is 27.9. The summed E-state index contributed by atoms with van der Waals surface area (Å²) in [6.07, 6.45) is 2.87. The van der Waals surface area contributed by atoms with Crippen LogP contribution >= 0.6 is 11.3 Å². The molecular formula is C12H20N2OS. The number of aryl methyl sites for hydroxylation is 1. The molecule has 4 heteroatoms. The van der Waals surface area contributed by atoms with Crippen molar-refractivity contribution in [2.45, 2.75) is 45.3 Å². The van der Waals surface area contributed by atoms with Crippen LogP contribution in [0.1, 0.15) is 36.9 Å². The molecule has 1 unspecified atom stereocenters. The second-order valence-electron chi connectivity index (χ2n) is 4.98. The van der Waals surface area contributed by atoms with E-state index in [1.54, 1.807) is 11.3 Å². The Bertz CT molecular complexity index is 349. The molecule has 1 fully saturated rings. The molecule has 3 nitrogen and oxygen atoms in total.